The highest BCUT2D eigenvalue weighted by atomic mass is 16.5. The molecule has 9 atom stereocenters. The number of benzene rings is 3. The molecule has 5 N–H and O–H groups in total. The van der Waals surface area contributed by atoms with Gasteiger partial charge in [-0.05, 0) is 143 Å². The SMILES string of the molecule is C#CC1CC(c2ncc(-c3ccc(-c4ccc(-c5ccc(-c6cnc(CCC(C)CNC(=O)C(NC(=O)OC)C(C)C)[nH]6)cc5)c5c4C4CCC5C4)c4c3C3CCC4C3)[nH]2)N(C(=O)C(NC(=O)OC)C(C)C)C1. The molecule has 3 heterocycles. The maximum absolute atomic E-state index is 14.1. The van der Waals surface area contributed by atoms with Gasteiger partial charge in [-0.15, -0.1) is 12.3 Å². The van der Waals surface area contributed by atoms with E-state index in [2.05, 4.69) is 87.3 Å². The average Bonchev–Trinajstić information content (AvgIpc) is 4.28. The molecule has 2 saturated carbocycles. The van der Waals surface area contributed by atoms with Gasteiger partial charge < -0.3 is 40.3 Å². The normalized spacial score (nSPS) is 22.4. The van der Waals surface area contributed by atoms with Crippen LogP contribution in [0.3, 0.4) is 0 Å². The molecule has 382 valence electrons. The predicted molar refractivity (Wildman–Crippen MR) is 281 cm³/mol. The van der Waals surface area contributed by atoms with Gasteiger partial charge in [-0.1, -0.05) is 83.1 Å². The molecule has 4 bridgehead atoms. The third-order valence-electron chi connectivity index (χ3n) is 16.8. The number of carbonyl (C=O) groups excluding carboxylic acids is 4. The Labute approximate surface area is 429 Å². The van der Waals surface area contributed by atoms with Crippen LogP contribution in [-0.2, 0) is 25.5 Å². The zero-order chi connectivity index (χ0) is 51.2. The van der Waals surface area contributed by atoms with Crippen LogP contribution in [0.2, 0.25) is 0 Å². The molecule has 5 aromatic rings. The van der Waals surface area contributed by atoms with Crippen LogP contribution in [0.1, 0.15) is 150 Å². The Balaban J connectivity index is 0.868. The number of aromatic amines is 2. The fourth-order valence-corrected chi connectivity index (χ4v) is 13.0. The van der Waals surface area contributed by atoms with E-state index < -0.39 is 24.3 Å². The van der Waals surface area contributed by atoms with E-state index in [1.807, 2.05) is 40.1 Å². The second-order valence-electron chi connectivity index (χ2n) is 22.1. The number of terminal acetylenes is 1. The van der Waals surface area contributed by atoms with Crippen molar-refractivity contribution in [3.8, 4) is 57.1 Å². The quantitative estimate of drug-likeness (QED) is 0.0605. The van der Waals surface area contributed by atoms with E-state index >= 15 is 0 Å². The number of H-pyrrole nitrogens is 2. The van der Waals surface area contributed by atoms with Gasteiger partial charge in [0.25, 0.3) is 0 Å². The van der Waals surface area contributed by atoms with Gasteiger partial charge >= 0.3 is 12.2 Å². The number of hydrogen-bond acceptors (Lipinski definition) is 8. The fraction of sp³-hybridized carbons (Fsp3) is 0.492. The van der Waals surface area contributed by atoms with E-state index in [-0.39, 0.29) is 41.5 Å². The molecule has 5 aliphatic rings. The molecule has 0 spiro atoms. The minimum atomic E-state index is -0.756. The second-order valence-corrected chi connectivity index (χ2v) is 22.1. The summed E-state index contributed by atoms with van der Waals surface area (Å²) in [5.74, 6) is 6.08. The number of likely N-dealkylation sites (tertiary alicyclic amines) is 1. The van der Waals surface area contributed by atoms with Gasteiger partial charge in [-0.3, -0.25) is 9.59 Å². The molecule has 14 nitrogen and oxygen atoms in total. The fourth-order valence-electron chi connectivity index (χ4n) is 13.0. The Bertz CT molecular complexity index is 2950. The molecule has 14 heteroatoms. The van der Waals surface area contributed by atoms with Crippen molar-refractivity contribution in [2.45, 2.75) is 134 Å². The van der Waals surface area contributed by atoms with Crippen LogP contribution in [0, 0.1) is 36.0 Å². The molecule has 1 aliphatic heterocycles. The van der Waals surface area contributed by atoms with Crippen LogP contribution in [0.4, 0.5) is 9.59 Å². The lowest BCUT2D eigenvalue weighted by Crippen LogP contribution is -2.51. The van der Waals surface area contributed by atoms with Crippen LogP contribution >= 0.6 is 0 Å². The number of methoxy groups -OCH3 is 2. The third-order valence-corrected chi connectivity index (χ3v) is 16.8. The lowest BCUT2D eigenvalue weighted by molar-refractivity contribution is -0.135. The minimum Gasteiger partial charge on any atom is -0.453 e. The first-order valence-electron chi connectivity index (χ1n) is 26.5. The van der Waals surface area contributed by atoms with Crippen molar-refractivity contribution in [3.05, 3.63) is 94.8 Å². The highest BCUT2D eigenvalue weighted by molar-refractivity contribution is 5.88. The Morgan fingerprint density at radius 1 is 0.685 bits per heavy atom. The molecule has 1 saturated heterocycles. The van der Waals surface area contributed by atoms with Gasteiger partial charge in [-0.25, -0.2) is 19.6 Å². The van der Waals surface area contributed by atoms with Crippen LogP contribution in [0.15, 0.2) is 60.9 Å². The number of fused-ring (bicyclic) bond motifs is 10. The standard InChI is InChI=1S/C59H70N8O6/c1-9-34-24-47(67(30-34)57(69)54(32(4)5)66-59(71)73-8)55-61-29-46(64-55)44-22-21-43(51-39-17-18-40(26-39)52(44)51)42-20-19-41(49-37-15-16-38(25-37)50(42)49)35-11-13-36(14-12-35)45-28-60-48(63-45)23-10-33(6)27-62-56(68)53(31(2)3)65-58(70)72-7/h1,11-14,19-22,28-29,31-34,37-40,47,53-54H,10,15-18,23-27,30H2,2-8H3,(H,60,63)(H,61,64)(H,62,68)(H,65,70)(H,66,71). The molecular formula is C59H70N8O6. The van der Waals surface area contributed by atoms with E-state index in [0.717, 1.165) is 35.6 Å². The Morgan fingerprint density at radius 3 is 1.81 bits per heavy atom. The van der Waals surface area contributed by atoms with Gasteiger partial charge in [0.15, 0.2) is 0 Å². The zero-order valence-electron chi connectivity index (χ0n) is 43.3. The summed E-state index contributed by atoms with van der Waals surface area (Å²) >= 11 is 0. The molecule has 0 radical (unpaired) electrons. The summed E-state index contributed by atoms with van der Waals surface area (Å²) < 4.78 is 9.56. The van der Waals surface area contributed by atoms with E-state index in [9.17, 15) is 19.2 Å². The predicted octanol–water partition coefficient (Wildman–Crippen LogP) is 10.5. The first kappa shape index (κ1) is 49.7. The zero-order valence-corrected chi connectivity index (χ0v) is 43.3. The lowest BCUT2D eigenvalue weighted by atomic mass is 9.77. The highest BCUT2D eigenvalue weighted by Gasteiger charge is 2.45. The monoisotopic (exact) mass is 987 g/mol. The Hall–Kier alpha value is -6.88. The van der Waals surface area contributed by atoms with Crippen LogP contribution in [-0.4, -0.2) is 88.2 Å². The van der Waals surface area contributed by atoms with Crippen molar-refractivity contribution < 1.29 is 28.7 Å². The van der Waals surface area contributed by atoms with Crippen LogP contribution in [0.5, 0.6) is 0 Å². The third kappa shape index (κ3) is 9.52. The number of aryl methyl sites for hydroxylation is 1. The van der Waals surface area contributed by atoms with Gasteiger partial charge in [0, 0.05) is 31.0 Å². The number of imidazole rings is 2. The number of amides is 4. The molecule has 4 amide bonds. The number of carbonyl (C=O) groups is 4. The largest absolute Gasteiger partial charge is 0.453 e. The van der Waals surface area contributed by atoms with Crippen molar-refractivity contribution >= 4 is 24.0 Å². The number of ether oxygens (including phenoxy) is 2. The van der Waals surface area contributed by atoms with Crippen molar-refractivity contribution in [1.82, 2.24) is 40.8 Å². The summed E-state index contributed by atoms with van der Waals surface area (Å²) in [6, 6.07) is 16.7. The van der Waals surface area contributed by atoms with Crippen molar-refractivity contribution in [2.24, 2.45) is 23.7 Å². The maximum Gasteiger partial charge on any atom is 0.407 e. The summed E-state index contributed by atoms with van der Waals surface area (Å²) in [6.45, 7) is 10.6. The number of aromatic nitrogens is 4. The van der Waals surface area contributed by atoms with Gasteiger partial charge in [0.1, 0.15) is 23.7 Å². The van der Waals surface area contributed by atoms with Crippen LogP contribution in [0.25, 0.3) is 44.8 Å². The van der Waals surface area contributed by atoms with Gasteiger partial charge in [0.2, 0.25) is 11.8 Å². The molecule has 10 rings (SSSR count). The number of alkyl carbamates (subject to hydrolysis) is 2. The summed E-state index contributed by atoms with van der Waals surface area (Å²) in [6.07, 6.45) is 18.0. The van der Waals surface area contributed by atoms with Crippen molar-refractivity contribution in [3.63, 3.8) is 0 Å². The first-order valence-corrected chi connectivity index (χ1v) is 26.5. The van der Waals surface area contributed by atoms with Crippen molar-refractivity contribution in [1.29, 1.82) is 0 Å². The number of hydrogen-bond donors (Lipinski definition) is 5. The van der Waals surface area contributed by atoms with Crippen molar-refractivity contribution in [2.75, 3.05) is 27.3 Å². The van der Waals surface area contributed by atoms with E-state index in [1.165, 1.54) is 97.3 Å². The maximum atomic E-state index is 14.1. The molecule has 9 unspecified atom stereocenters. The molecule has 73 heavy (non-hydrogen) atoms. The van der Waals surface area contributed by atoms with Gasteiger partial charge in [0.05, 0.1) is 44.0 Å². The first-order chi connectivity index (χ1) is 35.2. The highest BCUT2D eigenvalue weighted by Crippen LogP contribution is 2.62. The molecule has 2 aromatic heterocycles. The smallest absolute Gasteiger partial charge is 0.407 e. The van der Waals surface area contributed by atoms with E-state index in [4.69, 9.17) is 25.9 Å². The van der Waals surface area contributed by atoms with Gasteiger partial charge in [-0.2, -0.15) is 0 Å². The lowest BCUT2D eigenvalue weighted by Gasteiger charge is -2.30. The van der Waals surface area contributed by atoms with E-state index in [0.29, 0.717) is 49.0 Å². The topological polar surface area (TPSA) is 183 Å². The Morgan fingerprint density at radius 2 is 1.22 bits per heavy atom. The summed E-state index contributed by atoms with van der Waals surface area (Å²) in [7, 11) is 2.59. The van der Waals surface area contributed by atoms with E-state index in [1.54, 1.807) is 10.5 Å². The average molecular weight is 987 g/mol. The minimum absolute atomic E-state index is 0.0779. The Kier molecular flexibility index (Phi) is 14.0. The second kappa shape index (κ2) is 20.6. The van der Waals surface area contributed by atoms with Crippen LogP contribution < -0.4 is 16.0 Å². The number of nitrogens with one attached hydrogen (secondary N) is 5. The summed E-state index contributed by atoms with van der Waals surface area (Å²) in [4.78, 5) is 69.7. The summed E-state index contributed by atoms with van der Waals surface area (Å²) in [5, 5.41) is 8.38. The number of rotatable bonds is 16. The molecule has 3 fully saturated rings. The molecular weight excluding hydrogens is 917 g/mol. The number of nitrogens with zero attached hydrogens (tertiary/aromatic N) is 3. The molecule has 4 aliphatic carbocycles. The summed E-state index contributed by atoms with van der Waals surface area (Å²) in [5.41, 5.74) is 15.7. The molecule has 3 aromatic carbocycles.